The maximum atomic E-state index is 14.5. The third-order valence-electron chi connectivity index (χ3n) is 5.99. The number of aromatic nitrogens is 1. The number of nitrogens with one attached hydrogen (secondary N) is 1. The summed E-state index contributed by atoms with van der Waals surface area (Å²) in [5.74, 6) is -3.54. The zero-order valence-electron chi connectivity index (χ0n) is 21.6. The Balaban J connectivity index is 1.84. The van der Waals surface area contributed by atoms with Gasteiger partial charge in [-0.25, -0.2) is 18.6 Å². The lowest BCUT2D eigenvalue weighted by Crippen LogP contribution is -2.13. The van der Waals surface area contributed by atoms with Crippen LogP contribution in [0.2, 0.25) is 0 Å². The summed E-state index contributed by atoms with van der Waals surface area (Å²) in [5, 5.41) is 13.5. The number of amides is 1. The number of ether oxygens (including phenoxy) is 2. The maximum absolute atomic E-state index is 14.5. The largest absolute Gasteiger partial charge is 0.496 e. The lowest BCUT2D eigenvalue weighted by atomic mass is 9.98. The second-order valence-electron chi connectivity index (χ2n) is 8.63. The first-order valence-corrected chi connectivity index (χ1v) is 13.0. The summed E-state index contributed by atoms with van der Waals surface area (Å²) >= 11 is 1.15. The Bertz CT molecular complexity index is 1320. The minimum absolute atomic E-state index is 0.142. The Morgan fingerprint density at radius 3 is 2.50 bits per heavy atom. The van der Waals surface area contributed by atoms with Crippen LogP contribution in [0.3, 0.4) is 0 Å². The highest BCUT2D eigenvalue weighted by molar-refractivity contribution is 7.14. The summed E-state index contributed by atoms with van der Waals surface area (Å²) in [6.07, 6.45) is 4.81. The van der Waals surface area contributed by atoms with Gasteiger partial charge in [-0.15, -0.1) is 11.3 Å². The van der Waals surface area contributed by atoms with E-state index in [-0.39, 0.29) is 22.4 Å². The van der Waals surface area contributed by atoms with Gasteiger partial charge >= 0.3 is 5.97 Å². The van der Waals surface area contributed by atoms with Gasteiger partial charge < -0.3 is 14.6 Å². The van der Waals surface area contributed by atoms with E-state index in [0.717, 1.165) is 66.4 Å². The number of carboxylic acid groups (broad SMARTS) is 1. The number of thiazole rings is 1. The van der Waals surface area contributed by atoms with E-state index in [2.05, 4.69) is 17.2 Å². The second kappa shape index (κ2) is 13.3. The van der Waals surface area contributed by atoms with Crippen LogP contribution < -0.4 is 10.1 Å². The van der Waals surface area contributed by atoms with E-state index in [4.69, 9.17) is 14.6 Å². The van der Waals surface area contributed by atoms with Crippen LogP contribution in [0.1, 0.15) is 67.1 Å². The van der Waals surface area contributed by atoms with Crippen LogP contribution in [-0.4, -0.2) is 36.2 Å². The first-order chi connectivity index (χ1) is 18.2. The SMILES string of the molecule is CCCCCC(OC)c1cccc(-c2csc(NC(=O)c3cc(F)c(/C=C(\C)C(=O)O)c(F)c3)n2)c1OC. The van der Waals surface area contributed by atoms with E-state index in [1.807, 2.05) is 18.2 Å². The molecule has 10 heteroatoms. The molecule has 1 atom stereocenters. The molecule has 1 heterocycles. The summed E-state index contributed by atoms with van der Waals surface area (Å²) in [5.41, 5.74) is 1.15. The van der Waals surface area contributed by atoms with Crippen molar-refractivity contribution in [1.29, 1.82) is 0 Å². The number of benzene rings is 2. The van der Waals surface area contributed by atoms with Gasteiger partial charge in [0.15, 0.2) is 5.13 Å². The molecule has 0 spiro atoms. The average Bonchev–Trinajstić information content (AvgIpc) is 3.36. The van der Waals surface area contributed by atoms with E-state index >= 15 is 0 Å². The van der Waals surface area contributed by atoms with Gasteiger partial charge in [0.25, 0.3) is 5.91 Å². The van der Waals surface area contributed by atoms with E-state index in [0.29, 0.717) is 11.4 Å². The van der Waals surface area contributed by atoms with Gasteiger partial charge in [-0.2, -0.15) is 0 Å². The molecule has 3 aromatic rings. The number of carbonyl (C=O) groups excluding carboxylic acids is 1. The predicted molar refractivity (Wildman–Crippen MR) is 144 cm³/mol. The normalized spacial score (nSPS) is 12.3. The Labute approximate surface area is 224 Å². The summed E-state index contributed by atoms with van der Waals surface area (Å²) in [6, 6.07) is 7.41. The number of unbranched alkanes of at least 4 members (excludes halogenated alkanes) is 2. The number of para-hydroxylation sites is 1. The summed E-state index contributed by atoms with van der Waals surface area (Å²) in [4.78, 5) is 28.2. The number of nitrogens with zero attached hydrogens (tertiary/aromatic N) is 1. The predicted octanol–water partition coefficient (Wildman–Crippen LogP) is 7.10. The van der Waals surface area contributed by atoms with Crippen molar-refractivity contribution in [3.05, 3.63) is 69.6 Å². The lowest BCUT2D eigenvalue weighted by Gasteiger charge is -2.20. The van der Waals surface area contributed by atoms with Gasteiger partial charge in [0, 0.05) is 40.3 Å². The molecule has 2 N–H and O–H groups in total. The molecule has 1 amide bonds. The van der Waals surface area contributed by atoms with E-state index < -0.39 is 29.1 Å². The smallest absolute Gasteiger partial charge is 0.331 e. The Hall–Kier alpha value is -3.63. The molecule has 0 aliphatic rings. The van der Waals surface area contributed by atoms with Crippen LogP contribution in [0.15, 0.2) is 41.3 Å². The van der Waals surface area contributed by atoms with E-state index in [1.54, 1.807) is 19.6 Å². The zero-order chi connectivity index (χ0) is 27.8. The number of hydrogen-bond acceptors (Lipinski definition) is 6. The number of rotatable bonds is 12. The number of methoxy groups -OCH3 is 2. The fourth-order valence-corrected chi connectivity index (χ4v) is 4.68. The molecule has 0 saturated heterocycles. The fraction of sp³-hybridized carbons (Fsp3) is 0.321. The number of anilines is 1. The quantitative estimate of drug-likeness (QED) is 0.186. The highest BCUT2D eigenvalue weighted by Gasteiger charge is 2.21. The molecule has 1 unspecified atom stereocenters. The van der Waals surface area contributed by atoms with Crippen LogP contribution in [0.4, 0.5) is 13.9 Å². The Kier molecular flexibility index (Phi) is 10.1. The van der Waals surface area contributed by atoms with Crippen molar-refractivity contribution >= 4 is 34.4 Å². The van der Waals surface area contributed by atoms with Crippen molar-refractivity contribution in [2.75, 3.05) is 19.5 Å². The van der Waals surface area contributed by atoms with Gasteiger partial charge in [-0.3, -0.25) is 10.1 Å². The minimum Gasteiger partial charge on any atom is -0.496 e. The van der Waals surface area contributed by atoms with Crippen molar-refractivity contribution < 1.29 is 33.0 Å². The van der Waals surface area contributed by atoms with Crippen LogP contribution in [0.25, 0.3) is 17.3 Å². The molecule has 0 aliphatic carbocycles. The second-order valence-corrected chi connectivity index (χ2v) is 9.48. The molecule has 0 radical (unpaired) electrons. The molecule has 202 valence electrons. The average molecular weight is 545 g/mol. The highest BCUT2D eigenvalue weighted by Crippen LogP contribution is 2.39. The van der Waals surface area contributed by atoms with Crippen molar-refractivity contribution in [1.82, 2.24) is 4.98 Å². The number of carboxylic acids is 1. The van der Waals surface area contributed by atoms with Crippen LogP contribution >= 0.6 is 11.3 Å². The van der Waals surface area contributed by atoms with Crippen molar-refractivity contribution in [3.8, 4) is 17.0 Å². The summed E-state index contributed by atoms with van der Waals surface area (Å²) < 4.78 is 40.4. The molecule has 0 aliphatic heterocycles. The van der Waals surface area contributed by atoms with E-state index in [9.17, 15) is 18.4 Å². The van der Waals surface area contributed by atoms with Gasteiger partial charge in [-0.1, -0.05) is 38.3 Å². The molecule has 3 rings (SSSR count). The molecule has 0 fully saturated rings. The molecular formula is C28H30F2N2O5S. The first kappa shape index (κ1) is 28.9. The topological polar surface area (TPSA) is 97.8 Å². The van der Waals surface area contributed by atoms with Gasteiger partial charge in [0.2, 0.25) is 0 Å². The minimum atomic E-state index is -1.30. The lowest BCUT2D eigenvalue weighted by molar-refractivity contribution is -0.132. The van der Waals surface area contributed by atoms with Crippen molar-refractivity contribution in [2.24, 2.45) is 0 Å². The molecular weight excluding hydrogens is 514 g/mol. The number of halogens is 2. The Morgan fingerprint density at radius 2 is 1.89 bits per heavy atom. The molecule has 7 nitrogen and oxygen atoms in total. The number of aliphatic carboxylic acids is 1. The zero-order valence-corrected chi connectivity index (χ0v) is 22.5. The summed E-state index contributed by atoms with van der Waals surface area (Å²) in [7, 11) is 3.25. The van der Waals surface area contributed by atoms with Crippen LogP contribution in [-0.2, 0) is 9.53 Å². The van der Waals surface area contributed by atoms with Crippen LogP contribution in [0.5, 0.6) is 5.75 Å². The van der Waals surface area contributed by atoms with Gasteiger partial charge in [0.05, 0.1) is 18.9 Å². The van der Waals surface area contributed by atoms with Gasteiger partial charge in [-0.05, 0) is 37.6 Å². The molecule has 0 bridgehead atoms. The maximum Gasteiger partial charge on any atom is 0.331 e. The highest BCUT2D eigenvalue weighted by atomic mass is 32.1. The molecule has 38 heavy (non-hydrogen) atoms. The third kappa shape index (κ3) is 6.81. The number of carbonyl (C=O) groups is 2. The van der Waals surface area contributed by atoms with Crippen molar-refractivity contribution in [3.63, 3.8) is 0 Å². The molecule has 2 aromatic carbocycles. The van der Waals surface area contributed by atoms with E-state index in [1.165, 1.54) is 6.92 Å². The molecule has 1 aromatic heterocycles. The fourth-order valence-electron chi connectivity index (χ4n) is 3.97. The van der Waals surface area contributed by atoms with Gasteiger partial charge in [0.1, 0.15) is 17.4 Å². The summed E-state index contributed by atoms with van der Waals surface area (Å²) in [6.45, 7) is 3.36. The Morgan fingerprint density at radius 1 is 1.18 bits per heavy atom. The van der Waals surface area contributed by atoms with Crippen molar-refractivity contribution in [2.45, 2.75) is 45.6 Å². The first-order valence-electron chi connectivity index (χ1n) is 12.1. The third-order valence-corrected chi connectivity index (χ3v) is 6.75. The standard InChI is InChI=1S/C28H30F2N2O5S/c1-5-6-7-11-24(36-3)19-10-8-9-18(25(19)37-4)23-15-38-28(31-23)32-26(33)17-13-21(29)20(22(30)14-17)12-16(2)27(34)35/h8-10,12-15,24H,5-7,11H2,1-4H3,(H,34,35)(H,31,32,33)/b16-12+. The number of hydrogen-bond donors (Lipinski definition) is 2. The monoisotopic (exact) mass is 544 g/mol. The van der Waals surface area contributed by atoms with Crippen LogP contribution in [0, 0.1) is 11.6 Å². The molecule has 0 saturated carbocycles.